The summed E-state index contributed by atoms with van der Waals surface area (Å²) in [6, 6.07) is 15.5. The smallest absolute Gasteiger partial charge is 0.320 e. The number of benzene rings is 2. The third-order valence-corrected chi connectivity index (χ3v) is 3.56. The van der Waals surface area contributed by atoms with Crippen LogP contribution in [0.4, 0.5) is 10.5 Å². The van der Waals surface area contributed by atoms with Crippen molar-refractivity contribution < 1.29 is 14.1 Å². The molecule has 1 atom stereocenters. The Kier molecular flexibility index (Phi) is 4.94. The van der Waals surface area contributed by atoms with Gasteiger partial charge in [-0.1, -0.05) is 41.6 Å². The van der Waals surface area contributed by atoms with Gasteiger partial charge in [-0.05, 0) is 18.2 Å². The minimum Gasteiger partial charge on any atom is -0.496 e. The Labute approximate surface area is 145 Å². The minimum absolute atomic E-state index is 0.352. The van der Waals surface area contributed by atoms with E-state index >= 15 is 0 Å². The maximum atomic E-state index is 12.4. The number of aromatic nitrogens is 2. The molecule has 25 heavy (non-hydrogen) atoms. The zero-order valence-corrected chi connectivity index (χ0v) is 13.9. The van der Waals surface area contributed by atoms with Gasteiger partial charge in [-0.3, -0.25) is 0 Å². The van der Waals surface area contributed by atoms with Gasteiger partial charge in [0, 0.05) is 18.2 Å². The predicted molar refractivity (Wildman–Crippen MR) is 92.5 cm³/mol. The number of nitrogens with one attached hydrogen (secondary N) is 2. The highest BCUT2D eigenvalue weighted by Gasteiger charge is 2.25. The molecular formula is C18H18N4O3. The van der Waals surface area contributed by atoms with E-state index in [2.05, 4.69) is 20.8 Å². The number of nitrogens with zero attached hydrogens (tertiary/aromatic N) is 2. The van der Waals surface area contributed by atoms with Crippen molar-refractivity contribution in [1.82, 2.24) is 15.5 Å². The molecule has 3 aromatic rings. The second kappa shape index (κ2) is 7.48. The molecule has 2 amide bonds. The molecule has 3 rings (SSSR count). The zero-order chi connectivity index (χ0) is 17.6. The van der Waals surface area contributed by atoms with Crippen LogP contribution in [0.2, 0.25) is 0 Å². The summed E-state index contributed by atoms with van der Waals surface area (Å²) >= 11 is 0. The lowest BCUT2D eigenvalue weighted by Gasteiger charge is -2.18. The molecular weight excluding hydrogens is 320 g/mol. The van der Waals surface area contributed by atoms with Gasteiger partial charge in [0.15, 0.2) is 5.82 Å². The summed E-state index contributed by atoms with van der Waals surface area (Å²) in [6.45, 7) is 1.69. The predicted octanol–water partition coefficient (Wildman–Crippen LogP) is 3.30. The molecule has 1 unspecified atom stereocenters. The SMILES string of the molecule is COc1ccccc1C(NC(=O)Nc1ccccc1)c1noc(C)n1. The van der Waals surface area contributed by atoms with Gasteiger partial charge in [-0.25, -0.2) is 4.79 Å². The lowest BCUT2D eigenvalue weighted by molar-refractivity contribution is 0.249. The Morgan fingerprint density at radius 3 is 2.52 bits per heavy atom. The van der Waals surface area contributed by atoms with Gasteiger partial charge in [0.1, 0.15) is 11.8 Å². The molecule has 0 saturated carbocycles. The summed E-state index contributed by atoms with van der Waals surface area (Å²) in [7, 11) is 1.57. The van der Waals surface area contributed by atoms with Crippen molar-refractivity contribution >= 4 is 11.7 Å². The average molecular weight is 338 g/mol. The molecule has 0 saturated heterocycles. The quantitative estimate of drug-likeness (QED) is 0.745. The molecule has 0 spiro atoms. The maximum Gasteiger partial charge on any atom is 0.320 e. The van der Waals surface area contributed by atoms with Crippen molar-refractivity contribution in [2.75, 3.05) is 12.4 Å². The molecule has 0 aliphatic rings. The normalized spacial score (nSPS) is 11.6. The summed E-state index contributed by atoms with van der Waals surface area (Å²) in [5.74, 6) is 1.39. The van der Waals surface area contributed by atoms with Gasteiger partial charge < -0.3 is 19.9 Å². The average Bonchev–Trinajstić information content (AvgIpc) is 3.06. The van der Waals surface area contributed by atoms with Gasteiger partial charge in [0.25, 0.3) is 0 Å². The highest BCUT2D eigenvalue weighted by molar-refractivity contribution is 5.89. The van der Waals surface area contributed by atoms with Crippen LogP contribution in [-0.2, 0) is 0 Å². The third-order valence-electron chi connectivity index (χ3n) is 3.56. The molecule has 1 aromatic heterocycles. The van der Waals surface area contributed by atoms with Crippen molar-refractivity contribution in [2.45, 2.75) is 13.0 Å². The molecule has 1 heterocycles. The van der Waals surface area contributed by atoms with Crippen LogP contribution in [0.15, 0.2) is 59.1 Å². The summed E-state index contributed by atoms with van der Waals surface area (Å²) in [5.41, 5.74) is 1.41. The number of amides is 2. The number of carbonyl (C=O) groups is 1. The van der Waals surface area contributed by atoms with Crippen molar-refractivity contribution in [3.05, 3.63) is 71.9 Å². The molecule has 0 aliphatic carbocycles. The van der Waals surface area contributed by atoms with E-state index in [9.17, 15) is 4.79 Å². The largest absolute Gasteiger partial charge is 0.496 e. The highest BCUT2D eigenvalue weighted by Crippen LogP contribution is 2.28. The van der Waals surface area contributed by atoms with Crippen LogP contribution in [-0.4, -0.2) is 23.3 Å². The zero-order valence-electron chi connectivity index (χ0n) is 13.9. The van der Waals surface area contributed by atoms with Gasteiger partial charge in [-0.15, -0.1) is 0 Å². The van der Waals surface area contributed by atoms with Crippen LogP contribution in [0, 0.1) is 6.92 Å². The van der Waals surface area contributed by atoms with Crippen molar-refractivity contribution in [1.29, 1.82) is 0 Å². The van der Waals surface area contributed by atoms with Gasteiger partial charge in [-0.2, -0.15) is 4.98 Å². The van der Waals surface area contributed by atoms with Crippen LogP contribution < -0.4 is 15.4 Å². The monoisotopic (exact) mass is 338 g/mol. The van der Waals surface area contributed by atoms with E-state index in [4.69, 9.17) is 9.26 Å². The number of urea groups is 1. The van der Waals surface area contributed by atoms with Gasteiger partial charge >= 0.3 is 6.03 Å². The number of para-hydroxylation sites is 2. The second-order valence-electron chi connectivity index (χ2n) is 5.31. The first-order valence-electron chi connectivity index (χ1n) is 7.73. The Morgan fingerprint density at radius 2 is 1.84 bits per heavy atom. The lowest BCUT2D eigenvalue weighted by atomic mass is 10.1. The number of ether oxygens (including phenoxy) is 1. The summed E-state index contributed by atoms with van der Waals surface area (Å²) < 4.78 is 10.5. The van der Waals surface area contributed by atoms with E-state index in [1.165, 1.54) is 0 Å². The number of carbonyl (C=O) groups excluding carboxylic acids is 1. The molecule has 2 aromatic carbocycles. The van der Waals surface area contributed by atoms with E-state index in [-0.39, 0.29) is 6.03 Å². The Hall–Kier alpha value is -3.35. The Bertz CT molecular complexity index is 848. The lowest BCUT2D eigenvalue weighted by Crippen LogP contribution is -2.34. The fraction of sp³-hybridized carbons (Fsp3) is 0.167. The number of hydrogen-bond acceptors (Lipinski definition) is 5. The number of anilines is 1. The fourth-order valence-electron chi connectivity index (χ4n) is 2.44. The van der Waals surface area contributed by atoms with Gasteiger partial charge in [0.2, 0.25) is 5.89 Å². The number of rotatable bonds is 5. The van der Waals surface area contributed by atoms with Gasteiger partial charge in [0.05, 0.1) is 7.11 Å². The molecule has 7 nitrogen and oxygen atoms in total. The molecule has 7 heteroatoms. The number of methoxy groups -OCH3 is 1. The van der Waals surface area contributed by atoms with E-state index in [0.29, 0.717) is 23.2 Å². The van der Waals surface area contributed by atoms with E-state index in [1.807, 2.05) is 42.5 Å². The number of hydrogen-bond donors (Lipinski definition) is 2. The van der Waals surface area contributed by atoms with E-state index in [0.717, 1.165) is 5.56 Å². The first-order valence-corrected chi connectivity index (χ1v) is 7.73. The van der Waals surface area contributed by atoms with Crippen LogP contribution in [0.5, 0.6) is 5.75 Å². The standard InChI is InChI=1S/C18H18N4O3/c1-12-19-17(22-25-12)16(14-10-6-7-11-15(14)24-2)21-18(23)20-13-8-4-3-5-9-13/h3-11,16H,1-2H3,(H2,20,21,23). The molecule has 128 valence electrons. The maximum absolute atomic E-state index is 12.4. The molecule has 0 radical (unpaired) electrons. The van der Waals surface area contributed by atoms with E-state index < -0.39 is 6.04 Å². The summed E-state index contributed by atoms with van der Waals surface area (Å²) in [5, 5.41) is 9.59. The highest BCUT2D eigenvalue weighted by atomic mass is 16.5. The summed E-state index contributed by atoms with van der Waals surface area (Å²) in [4.78, 5) is 16.7. The van der Waals surface area contributed by atoms with Crippen molar-refractivity contribution in [2.24, 2.45) is 0 Å². The van der Waals surface area contributed by atoms with Crippen LogP contribution >= 0.6 is 0 Å². The third kappa shape index (κ3) is 3.95. The van der Waals surface area contributed by atoms with Crippen LogP contribution in [0.3, 0.4) is 0 Å². The van der Waals surface area contributed by atoms with Crippen LogP contribution in [0.25, 0.3) is 0 Å². The minimum atomic E-state index is -0.614. The molecule has 0 fully saturated rings. The van der Waals surface area contributed by atoms with Crippen molar-refractivity contribution in [3.63, 3.8) is 0 Å². The Balaban J connectivity index is 1.88. The summed E-state index contributed by atoms with van der Waals surface area (Å²) in [6.07, 6.45) is 0. The molecule has 2 N–H and O–H groups in total. The molecule has 0 aliphatic heterocycles. The fourth-order valence-corrected chi connectivity index (χ4v) is 2.44. The topological polar surface area (TPSA) is 89.3 Å². The molecule has 0 bridgehead atoms. The Morgan fingerprint density at radius 1 is 1.12 bits per heavy atom. The van der Waals surface area contributed by atoms with Crippen LogP contribution in [0.1, 0.15) is 23.3 Å². The first kappa shape index (κ1) is 16.5. The first-order chi connectivity index (χ1) is 12.2. The van der Waals surface area contributed by atoms with E-state index in [1.54, 1.807) is 26.2 Å². The second-order valence-corrected chi connectivity index (χ2v) is 5.31. The van der Waals surface area contributed by atoms with Crippen molar-refractivity contribution in [3.8, 4) is 5.75 Å². The number of aryl methyl sites for hydroxylation is 1.